The Kier molecular flexibility index (Phi) is 7.59. The van der Waals surface area contributed by atoms with Gasteiger partial charge in [0.15, 0.2) is 6.61 Å². The molecule has 2 aliphatic carbocycles. The van der Waals surface area contributed by atoms with E-state index in [-0.39, 0.29) is 52.3 Å². The SMILES string of the molecule is CCc1cc(Br)cc2c(C(=O)OCC(=O)c3ccc(C)c([N+](=O)[O-])c3)cc(-c3ccc(N4C(=O)C5C6C=CC(C6)C5C4=O)cc3)nc12. The van der Waals surface area contributed by atoms with Gasteiger partial charge >= 0.3 is 5.97 Å². The fourth-order valence-corrected chi connectivity index (χ4v) is 7.66. The van der Waals surface area contributed by atoms with Gasteiger partial charge in [0.25, 0.3) is 5.69 Å². The molecule has 0 N–H and O–H groups in total. The van der Waals surface area contributed by atoms with Crippen LogP contribution >= 0.6 is 15.9 Å². The van der Waals surface area contributed by atoms with Crippen molar-refractivity contribution in [1.82, 2.24) is 4.98 Å². The standard InChI is InChI=1S/C36H28BrN3O7/c1-3-19-13-24(37)15-26-27(36(44)47-17-30(41)21-5-4-18(2)29(14-21)40(45)46)16-28(38-33(19)26)20-8-10-25(11-9-20)39-34(42)31-22-6-7-23(12-22)32(31)35(39)43/h4-11,13-16,22-23,31-32H,3,12,17H2,1-2H3. The summed E-state index contributed by atoms with van der Waals surface area (Å²) >= 11 is 3.51. The lowest BCUT2D eigenvalue weighted by molar-refractivity contribution is -0.385. The van der Waals surface area contributed by atoms with E-state index in [1.54, 1.807) is 43.3 Å². The Bertz CT molecular complexity index is 2040. The number of rotatable bonds is 8. The lowest BCUT2D eigenvalue weighted by Gasteiger charge is -2.18. The highest BCUT2D eigenvalue weighted by Crippen LogP contribution is 2.53. The number of amides is 2. The Morgan fingerprint density at radius 2 is 1.68 bits per heavy atom. The molecule has 2 heterocycles. The van der Waals surface area contributed by atoms with Crippen LogP contribution in [0.4, 0.5) is 11.4 Å². The minimum Gasteiger partial charge on any atom is -0.454 e. The van der Waals surface area contributed by atoms with Gasteiger partial charge < -0.3 is 4.74 Å². The van der Waals surface area contributed by atoms with E-state index in [9.17, 15) is 29.3 Å². The van der Waals surface area contributed by atoms with Gasteiger partial charge in [-0.05, 0) is 67.5 Å². The predicted molar refractivity (Wildman–Crippen MR) is 177 cm³/mol. The molecule has 2 amide bonds. The summed E-state index contributed by atoms with van der Waals surface area (Å²) in [5.74, 6) is -2.02. The number of esters is 1. The fourth-order valence-electron chi connectivity index (χ4n) is 7.16. The first-order valence-electron chi connectivity index (χ1n) is 15.3. The van der Waals surface area contributed by atoms with Crippen molar-refractivity contribution in [2.24, 2.45) is 23.7 Å². The summed E-state index contributed by atoms with van der Waals surface area (Å²) in [6.45, 7) is 2.94. The van der Waals surface area contributed by atoms with Gasteiger partial charge in [0, 0.05) is 32.6 Å². The molecule has 3 aliphatic rings. The second-order valence-electron chi connectivity index (χ2n) is 12.2. The number of allylic oxidation sites excluding steroid dienone is 2. The maximum absolute atomic E-state index is 13.6. The Labute approximate surface area is 277 Å². The van der Waals surface area contributed by atoms with Crippen LogP contribution in [0.2, 0.25) is 0 Å². The summed E-state index contributed by atoms with van der Waals surface area (Å²) in [5.41, 5.74) is 3.55. The summed E-state index contributed by atoms with van der Waals surface area (Å²) in [4.78, 5) is 70.1. The van der Waals surface area contributed by atoms with E-state index in [2.05, 4.69) is 28.1 Å². The first kappa shape index (κ1) is 30.6. The summed E-state index contributed by atoms with van der Waals surface area (Å²) in [6, 6.07) is 16.4. The molecule has 3 aromatic carbocycles. The molecule has 7 rings (SSSR count). The quantitative estimate of drug-likeness (QED) is 0.0491. The van der Waals surface area contributed by atoms with Gasteiger partial charge in [-0.25, -0.2) is 9.78 Å². The smallest absolute Gasteiger partial charge is 0.339 e. The van der Waals surface area contributed by atoms with Crippen LogP contribution in [0.15, 0.2) is 77.3 Å². The number of hydrogen-bond acceptors (Lipinski definition) is 8. The molecule has 47 heavy (non-hydrogen) atoms. The molecule has 4 atom stereocenters. The highest BCUT2D eigenvalue weighted by molar-refractivity contribution is 9.10. The van der Waals surface area contributed by atoms with Gasteiger partial charge in [-0.3, -0.25) is 29.4 Å². The average Bonchev–Trinajstić information content (AvgIpc) is 3.76. The molecular formula is C36H28BrN3O7. The molecule has 1 aliphatic heterocycles. The zero-order valence-electron chi connectivity index (χ0n) is 25.4. The Balaban J connectivity index is 1.19. The van der Waals surface area contributed by atoms with Crippen molar-refractivity contribution in [3.63, 3.8) is 0 Å². The van der Waals surface area contributed by atoms with Gasteiger partial charge in [0.2, 0.25) is 17.6 Å². The van der Waals surface area contributed by atoms with E-state index in [1.807, 2.05) is 13.0 Å². The molecule has 0 radical (unpaired) electrons. The van der Waals surface area contributed by atoms with Crippen molar-refractivity contribution in [3.05, 3.63) is 110 Å². The maximum Gasteiger partial charge on any atom is 0.339 e. The van der Waals surface area contributed by atoms with Gasteiger partial charge in [-0.1, -0.05) is 59.3 Å². The molecule has 236 valence electrons. The lowest BCUT2D eigenvalue weighted by atomic mass is 9.85. The number of pyridine rings is 1. The molecular weight excluding hydrogens is 666 g/mol. The molecule has 11 heteroatoms. The summed E-state index contributed by atoms with van der Waals surface area (Å²) in [5, 5.41) is 11.9. The number of aryl methyl sites for hydroxylation is 2. The van der Waals surface area contributed by atoms with Crippen molar-refractivity contribution < 1.29 is 28.8 Å². The normalized spacial score (nSPS) is 21.0. The molecule has 2 fully saturated rings. The molecule has 4 unspecified atom stereocenters. The number of benzene rings is 3. The first-order valence-corrected chi connectivity index (χ1v) is 16.1. The number of ether oxygens (including phenoxy) is 1. The number of nitro benzene ring substituents is 1. The van der Waals surface area contributed by atoms with Crippen molar-refractivity contribution in [3.8, 4) is 11.3 Å². The van der Waals surface area contributed by atoms with Crippen molar-refractivity contribution in [1.29, 1.82) is 0 Å². The third kappa shape index (κ3) is 5.14. The number of nitrogens with zero attached hydrogens (tertiary/aromatic N) is 3. The van der Waals surface area contributed by atoms with Gasteiger partial charge in [-0.2, -0.15) is 0 Å². The van der Waals surface area contributed by atoms with Crippen molar-refractivity contribution in [2.45, 2.75) is 26.7 Å². The van der Waals surface area contributed by atoms with Gasteiger partial charge in [-0.15, -0.1) is 0 Å². The first-order chi connectivity index (χ1) is 22.5. The third-order valence-electron chi connectivity index (χ3n) is 9.51. The number of anilines is 1. The number of aromatic nitrogens is 1. The van der Waals surface area contributed by atoms with Crippen molar-refractivity contribution in [2.75, 3.05) is 11.5 Å². The number of hydrogen-bond donors (Lipinski definition) is 0. The molecule has 0 spiro atoms. The molecule has 4 aromatic rings. The van der Waals surface area contributed by atoms with Crippen LogP contribution in [0, 0.1) is 40.7 Å². The molecule has 1 saturated heterocycles. The van der Waals surface area contributed by atoms with E-state index in [0.29, 0.717) is 39.8 Å². The highest BCUT2D eigenvalue weighted by Gasteiger charge is 2.59. The van der Waals surface area contributed by atoms with Crippen LogP contribution in [0.25, 0.3) is 22.2 Å². The summed E-state index contributed by atoms with van der Waals surface area (Å²) < 4.78 is 6.21. The Morgan fingerprint density at radius 1 is 1.00 bits per heavy atom. The topological polar surface area (TPSA) is 137 Å². The van der Waals surface area contributed by atoms with Gasteiger partial charge in [0.05, 0.1) is 39.2 Å². The molecule has 1 saturated carbocycles. The maximum atomic E-state index is 13.6. The number of carbonyl (C=O) groups excluding carboxylic acids is 4. The summed E-state index contributed by atoms with van der Waals surface area (Å²) in [6.07, 6.45) is 5.61. The largest absolute Gasteiger partial charge is 0.454 e. The average molecular weight is 695 g/mol. The molecule has 2 bridgehead atoms. The highest BCUT2D eigenvalue weighted by atomic mass is 79.9. The number of nitro groups is 1. The number of Topliss-reactive ketones (excluding diaryl/α,β-unsaturated/α-hetero) is 1. The van der Waals surface area contributed by atoms with Gasteiger partial charge in [0.1, 0.15) is 0 Å². The van der Waals surface area contributed by atoms with Crippen LogP contribution in [0.1, 0.15) is 45.2 Å². The number of fused-ring (bicyclic) bond motifs is 6. The zero-order chi connectivity index (χ0) is 33.1. The van der Waals surface area contributed by atoms with Crippen LogP contribution in [-0.4, -0.2) is 40.1 Å². The predicted octanol–water partition coefficient (Wildman–Crippen LogP) is 6.79. The number of carbonyl (C=O) groups is 4. The minimum atomic E-state index is -0.756. The third-order valence-corrected chi connectivity index (χ3v) is 9.97. The number of imide groups is 1. The second-order valence-corrected chi connectivity index (χ2v) is 13.1. The van der Waals surface area contributed by atoms with E-state index >= 15 is 0 Å². The van der Waals surface area contributed by atoms with Crippen molar-refractivity contribution >= 4 is 61.8 Å². The van der Waals surface area contributed by atoms with Crippen LogP contribution in [0.5, 0.6) is 0 Å². The minimum absolute atomic E-state index is 0.0639. The fraction of sp³-hybridized carbons (Fsp3) is 0.250. The van der Waals surface area contributed by atoms with Crippen LogP contribution in [0.3, 0.4) is 0 Å². The van der Waals surface area contributed by atoms with E-state index in [1.165, 1.54) is 23.1 Å². The van der Waals surface area contributed by atoms with Crippen LogP contribution < -0.4 is 4.90 Å². The van der Waals surface area contributed by atoms with E-state index < -0.39 is 23.3 Å². The Morgan fingerprint density at radius 3 is 2.32 bits per heavy atom. The molecule has 10 nitrogen and oxygen atoms in total. The number of ketones is 1. The van der Waals surface area contributed by atoms with E-state index in [4.69, 9.17) is 9.72 Å². The zero-order valence-corrected chi connectivity index (χ0v) is 27.0. The Hall–Kier alpha value is -5.03. The molecule has 1 aromatic heterocycles. The monoisotopic (exact) mass is 693 g/mol. The lowest BCUT2D eigenvalue weighted by Crippen LogP contribution is -2.32. The second kappa shape index (κ2) is 11.6. The van der Waals surface area contributed by atoms with E-state index in [0.717, 1.165) is 16.5 Å². The summed E-state index contributed by atoms with van der Waals surface area (Å²) in [7, 11) is 0. The van der Waals surface area contributed by atoms with Crippen LogP contribution in [-0.2, 0) is 20.7 Å². The number of halogens is 1.